The highest BCUT2D eigenvalue weighted by Gasteiger charge is 2.47. The molecular weight excluding hydrogens is 358 g/mol. The average Bonchev–Trinajstić information content (AvgIpc) is 3.10. The van der Waals surface area contributed by atoms with Crippen LogP contribution in [0.4, 0.5) is 0 Å². The number of carbonyl (C=O) groups is 2. The summed E-state index contributed by atoms with van der Waals surface area (Å²) in [7, 11) is 0. The number of amides is 1. The van der Waals surface area contributed by atoms with E-state index in [9.17, 15) is 19.5 Å². The zero-order chi connectivity index (χ0) is 19.7. The Kier molecular flexibility index (Phi) is 4.98. The molecule has 2 fully saturated rings. The Hall–Kier alpha value is -2.96. The highest BCUT2D eigenvalue weighted by Crippen LogP contribution is 2.39. The Morgan fingerprint density at radius 1 is 1.07 bits per heavy atom. The molecule has 0 spiro atoms. The van der Waals surface area contributed by atoms with Crippen LogP contribution in [0.2, 0.25) is 0 Å². The van der Waals surface area contributed by atoms with Crippen LogP contribution in [0.3, 0.4) is 0 Å². The highest BCUT2D eigenvalue weighted by molar-refractivity contribution is 5.84. The van der Waals surface area contributed by atoms with Gasteiger partial charge in [0.1, 0.15) is 12.6 Å². The first-order valence-electron chi connectivity index (χ1n) is 9.72. The summed E-state index contributed by atoms with van der Waals surface area (Å²) < 4.78 is 1.14. The standard InChI is InChI=1S/C21H23N3O4/c25-19-11-10-16(14-6-2-1-3-7-14)22-23(19)13-20(26)24-17-9-5-4-8-15(17)12-18(24)21(27)28/h1-3,6-7,10-11,15,17-18H,4-5,8-9,12-13H2,(H,27,28)/t15-,17+,18+/m1/s1. The number of carboxylic acid groups (broad SMARTS) is 1. The van der Waals surface area contributed by atoms with Crippen molar-refractivity contribution in [3.05, 3.63) is 52.8 Å². The Morgan fingerprint density at radius 3 is 2.57 bits per heavy atom. The third kappa shape index (κ3) is 3.44. The summed E-state index contributed by atoms with van der Waals surface area (Å²) in [5, 5.41) is 14.0. The topological polar surface area (TPSA) is 92.5 Å². The predicted octanol–water partition coefficient (Wildman–Crippen LogP) is 2.15. The van der Waals surface area contributed by atoms with Gasteiger partial charge in [0.15, 0.2) is 0 Å². The lowest BCUT2D eigenvalue weighted by atomic mass is 9.85. The van der Waals surface area contributed by atoms with Crippen LogP contribution in [0, 0.1) is 5.92 Å². The third-order valence-electron chi connectivity index (χ3n) is 5.88. The van der Waals surface area contributed by atoms with E-state index in [0.29, 0.717) is 12.1 Å². The van der Waals surface area contributed by atoms with Gasteiger partial charge in [0.2, 0.25) is 5.91 Å². The fourth-order valence-electron chi connectivity index (χ4n) is 4.57. The molecule has 0 bridgehead atoms. The number of hydrogen-bond donors (Lipinski definition) is 1. The monoisotopic (exact) mass is 381 g/mol. The van der Waals surface area contributed by atoms with Crippen LogP contribution in [0.15, 0.2) is 47.3 Å². The molecule has 1 aliphatic heterocycles. The van der Waals surface area contributed by atoms with E-state index in [2.05, 4.69) is 5.10 Å². The second kappa shape index (κ2) is 7.58. The number of rotatable bonds is 4. The number of hydrogen-bond acceptors (Lipinski definition) is 4. The summed E-state index contributed by atoms with van der Waals surface area (Å²) in [5.41, 5.74) is 1.07. The van der Waals surface area contributed by atoms with Crippen molar-refractivity contribution >= 4 is 11.9 Å². The van der Waals surface area contributed by atoms with Crippen LogP contribution in [-0.2, 0) is 16.1 Å². The quantitative estimate of drug-likeness (QED) is 0.876. The highest BCUT2D eigenvalue weighted by atomic mass is 16.4. The maximum atomic E-state index is 13.0. The van der Waals surface area contributed by atoms with E-state index in [0.717, 1.165) is 35.9 Å². The van der Waals surface area contributed by atoms with E-state index in [-0.39, 0.29) is 30.0 Å². The number of nitrogens with zero attached hydrogens (tertiary/aromatic N) is 3. The summed E-state index contributed by atoms with van der Waals surface area (Å²) in [5.74, 6) is -1.08. The number of carboxylic acids is 1. The lowest BCUT2D eigenvalue weighted by molar-refractivity contribution is -0.150. The van der Waals surface area contributed by atoms with Gasteiger partial charge in [-0.25, -0.2) is 9.48 Å². The van der Waals surface area contributed by atoms with Crippen molar-refractivity contribution in [3.63, 3.8) is 0 Å². The van der Waals surface area contributed by atoms with E-state index in [1.165, 1.54) is 11.0 Å². The lowest BCUT2D eigenvalue weighted by Crippen LogP contribution is -2.48. The summed E-state index contributed by atoms with van der Waals surface area (Å²) >= 11 is 0. The molecule has 0 unspecified atom stereocenters. The zero-order valence-corrected chi connectivity index (χ0v) is 15.5. The third-order valence-corrected chi connectivity index (χ3v) is 5.88. The van der Waals surface area contributed by atoms with Crippen molar-refractivity contribution in [2.75, 3.05) is 0 Å². The molecule has 1 saturated carbocycles. The zero-order valence-electron chi connectivity index (χ0n) is 15.5. The van der Waals surface area contributed by atoms with Gasteiger partial charge in [-0.15, -0.1) is 0 Å². The average molecular weight is 381 g/mol. The van der Waals surface area contributed by atoms with Crippen LogP contribution in [0.5, 0.6) is 0 Å². The molecule has 146 valence electrons. The molecular formula is C21H23N3O4. The second-order valence-electron chi connectivity index (χ2n) is 7.58. The van der Waals surface area contributed by atoms with Gasteiger partial charge in [0.05, 0.1) is 5.69 Å². The van der Waals surface area contributed by atoms with Gasteiger partial charge in [0.25, 0.3) is 5.56 Å². The number of likely N-dealkylation sites (tertiary alicyclic amines) is 1. The van der Waals surface area contributed by atoms with E-state index >= 15 is 0 Å². The van der Waals surface area contributed by atoms with Crippen molar-refractivity contribution in [1.82, 2.24) is 14.7 Å². The lowest BCUT2D eigenvalue weighted by Gasteiger charge is -2.33. The minimum atomic E-state index is -0.971. The van der Waals surface area contributed by atoms with Crippen LogP contribution in [0.25, 0.3) is 11.3 Å². The van der Waals surface area contributed by atoms with Crippen LogP contribution < -0.4 is 5.56 Å². The normalized spacial score (nSPS) is 24.0. The molecule has 1 aliphatic carbocycles. The predicted molar refractivity (Wildman–Crippen MR) is 103 cm³/mol. The molecule has 7 nitrogen and oxygen atoms in total. The minimum absolute atomic E-state index is 0.0460. The number of carbonyl (C=O) groups excluding carboxylic acids is 1. The summed E-state index contributed by atoms with van der Waals surface area (Å²) in [6.45, 7) is -0.244. The molecule has 1 amide bonds. The van der Waals surface area contributed by atoms with E-state index in [1.807, 2.05) is 30.3 Å². The van der Waals surface area contributed by atoms with Gasteiger partial charge >= 0.3 is 5.97 Å². The molecule has 3 atom stereocenters. The molecule has 1 aromatic heterocycles. The van der Waals surface area contributed by atoms with Crippen molar-refractivity contribution < 1.29 is 14.7 Å². The molecule has 0 radical (unpaired) electrons. The van der Waals surface area contributed by atoms with Gasteiger partial charge in [0, 0.05) is 17.7 Å². The molecule has 1 saturated heterocycles. The Bertz CT molecular complexity index is 940. The molecule has 7 heteroatoms. The molecule has 4 rings (SSSR count). The number of aliphatic carboxylic acids is 1. The Balaban J connectivity index is 1.60. The van der Waals surface area contributed by atoms with E-state index < -0.39 is 12.0 Å². The van der Waals surface area contributed by atoms with Gasteiger partial charge in [-0.1, -0.05) is 43.2 Å². The number of fused-ring (bicyclic) bond motifs is 1. The fraction of sp³-hybridized carbons (Fsp3) is 0.429. The molecule has 1 aromatic carbocycles. The smallest absolute Gasteiger partial charge is 0.326 e. The first kappa shape index (κ1) is 18.4. The van der Waals surface area contributed by atoms with E-state index in [4.69, 9.17) is 0 Å². The van der Waals surface area contributed by atoms with Gasteiger partial charge < -0.3 is 10.0 Å². The molecule has 2 heterocycles. The van der Waals surface area contributed by atoms with Gasteiger partial charge in [-0.05, 0) is 31.2 Å². The molecule has 28 heavy (non-hydrogen) atoms. The van der Waals surface area contributed by atoms with Crippen LogP contribution in [0.1, 0.15) is 32.1 Å². The first-order chi connectivity index (χ1) is 13.5. The maximum Gasteiger partial charge on any atom is 0.326 e. The molecule has 2 aliphatic rings. The van der Waals surface area contributed by atoms with Crippen LogP contribution >= 0.6 is 0 Å². The summed E-state index contributed by atoms with van der Waals surface area (Å²) in [6.07, 6.45) is 4.36. The Labute approximate surface area is 162 Å². The van der Waals surface area contributed by atoms with Crippen molar-refractivity contribution in [2.24, 2.45) is 5.92 Å². The number of aromatic nitrogens is 2. The molecule has 2 aromatic rings. The second-order valence-corrected chi connectivity index (χ2v) is 7.58. The number of benzene rings is 1. The largest absolute Gasteiger partial charge is 0.480 e. The SMILES string of the molecule is O=C(O)[C@@H]1C[C@H]2CCCC[C@@H]2N1C(=O)Cn1nc(-c2ccccc2)ccc1=O. The summed E-state index contributed by atoms with van der Waals surface area (Å²) in [4.78, 5) is 38.6. The fourth-order valence-corrected chi connectivity index (χ4v) is 4.57. The molecule has 1 N–H and O–H groups in total. The van der Waals surface area contributed by atoms with Crippen molar-refractivity contribution in [2.45, 2.75) is 50.7 Å². The maximum absolute atomic E-state index is 13.0. The Morgan fingerprint density at radius 2 is 1.82 bits per heavy atom. The van der Waals surface area contributed by atoms with E-state index in [1.54, 1.807) is 6.07 Å². The van der Waals surface area contributed by atoms with Crippen LogP contribution in [-0.4, -0.2) is 43.7 Å². The van der Waals surface area contributed by atoms with Crippen molar-refractivity contribution in [1.29, 1.82) is 0 Å². The van der Waals surface area contributed by atoms with Gasteiger partial charge in [-0.2, -0.15) is 5.10 Å². The summed E-state index contributed by atoms with van der Waals surface area (Å²) in [6, 6.07) is 11.6. The first-order valence-corrected chi connectivity index (χ1v) is 9.72. The van der Waals surface area contributed by atoms with Crippen molar-refractivity contribution in [3.8, 4) is 11.3 Å². The van der Waals surface area contributed by atoms with Gasteiger partial charge in [-0.3, -0.25) is 9.59 Å². The minimum Gasteiger partial charge on any atom is -0.480 e.